The van der Waals surface area contributed by atoms with Crippen molar-refractivity contribution in [2.24, 2.45) is 0 Å². The van der Waals surface area contributed by atoms with E-state index in [4.69, 9.17) is 5.11 Å². The molecule has 0 aliphatic carbocycles. The van der Waals surface area contributed by atoms with Crippen LogP contribution in [0.3, 0.4) is 0 Å². The van der Waals surface area contributed by atoms with Crippen molar-refractivity contribution in [2.45, 2.75) is 20.3 Å². The first-order valence-electron chi connectivity index (χ1n) is 3.95. The Morgan fingerprint density at radius 3 is 2.75 bits per heavy atom. The molecule has 0 bridgehead atoms. The van der Waals surface area contributed by atoms with Gasteiger partial charge in [0.05, 0.1) is 5.69 Å². The number of aliphatic hydroxyl groups excluding tert-OH is 1. The summed E-state index contributed by atoms with van der Waals surface area (Å²) in [5.41, 5.74) is 1.10. The summed E-state index contributed by atoms with van der Waals surface area (Å²) in [6.45, 7) is 4.28. The summed E-state index contributed by atoms with van der Waals surface area (Å²) < 4.78 is 0. The maximum atomic E-state index is 8.54. The zero-order valence-corrected chi connectivity index (χ0v) is 8.19. The van der Waals surface area contributed by atoms with Gasteiger partial charge in [0.2, 0.25) is 0 Å². The molecule has 0 aliphatic heterocycles. The highest BCUT2D eigenvalue weighted by atomic mass is 32.1. The van der Waals surface area contributed by atoms with Crippen LogP contribution in [-0.4, -0.2) is 16.7 Å². The van der Waals surface area contributed by atoms with Crippen molar-refractivity contribution in [1.82, 2.24) is 4.98 Å². The highest BCUT2D eigenvalue weighted by molar-refractivity contribution is 7.12. The molecular formula is C9H13NOS. The molecule has 0 atom stereocenters. The Balaban J connectivity index is 2.64. The molecule has 0 aliphatic rings. The molecule has 66 valence electrons. The lowest BCUT2D eigenvalue weighted by molar-refractivity contribution is 0.303. The summed E-state index contributed by atoms with van der Waals surface area (Å²) in [6, 6.07) is 0. The van der Waals surface area contributed by atoms with Gasteiger partial charge in [-0.25, -0.2) is 4.98 Å². The predicted molar refractivity (Wildman–Crippen MR) is 52.3 cm³/mol. The Labute approximate surface area is 76.6 Å². The van der Waals surface area contributed by atoms with Crippen LogP contribution in [-0.2, 0) is 0 Å². The van der Waals surface area contributed by atoms with Gasteiger partial charge in [0.15, 0.2) is 0 Å². The average Bonchev–Trinajstić information content (AvgIpc) is 2.32. The van der Waals surface area contributed by atoms with E-state index < -0.39 is 0 Å². The number of thiazole rings is 1. The molecule has 1 heterocycles. The zero-order valence-electron chi connectivity index (χ0n) is 7.37. The van der Waals surface area contributed by atoms with Crippen LogP contribution in [0.25, 0.3) is 6.08 Å². The van der Waals surface area contributed by atoms with Crippen molar-refractivity contribution in [3.05, 3.63) is 21.7 Å². The smallest absolute Gasteiger partial charge is 0.116 e. The van der Waals surface area contributed by atoms with Gasteiger partial charge in [-0.1, -0.05) is 6.08 Å². The summed E-state index contributed by atoms with van der Waals surface area (Å²) in [5.74, 6) is 0. The molecule has 12 heavy (non-hydrogen) atoms. The zero-order chi connectivity index (χ0) is 8.97. The number of aromatic nitrogens is 1. The van der Waals surface area contributed by atoms with Crippen molar-refractivity contribution in [3.63, 3.8) is 0 Å². The molecule has 1 aromatic rings. The molecule has 0 fully saturated rings. The Kier molecular flexibility index (Phi) is 3.44. The number of aliphatic hydroxyl groups is 1. The molecule has 0 saturated heterocycles. The lowest BCUT2D eigenvalue weighted by Gasteiger charge is -1.82. The Bertz CT molecular complexity index is 259. The molecule has 3 heteroatoms. The maximum absolute atomic E-state index is 8.54. The number of aryl methyl sites for hydroxylation is 2. The third-order valence-corrected chi connectivity index (χ3v) is 2.64. The van der Waals surface area contributed by atoms with Crippen molar-refractivity contribution < 1.29 is 5.11 Å². The minimum Gasteiger partial charge on any atom is -0.396 e. The van der Waals surface area contributed by atoms with Gasteiger partial charge in [-0.05, 0) is 26.3 Å². The second-order valence-electron chi connectivity index (χ2n) is 2.61. The fraction of sp³-hybridized carbons (Fsp3) is 0.444. The normalized spacial score (nSPS) is 11.2. The number of rotatable bonds is 3. The summed E-state index contributed by atoms with van der Waals surface area (Å²) in [5, 5.41) is 9.56. The molecule has 2 nitrogen and oxygen atoms in total. The van der Waals surface area contributed by atoms with Crippen LogP contribution in [0, 0.1) is 13.8 Å². The van der Waals surface area contributed by atoms with Gasteiger partial charge < -0.3 is 5.11 Å². The molecule has 0 amide bonds. The quantitative estimate of drug-likeness (QED) is 0.779. The summed E-state index contributed by atoms with van der Waals surface area (Å²) in [7, 11) is 0. The van der Waals surface area contributed by atoms with Crippen LogP contribution in [0.4, 0.5) is 0 Å². The van der Waals surface area contributed by atoms with Gasteiger partial charge in [-0.3, -0.25) is 0 Å². The Morgan fingerprint density at radius 1 is 1.50 bits per heavy atom. The maximum Gasteiger partial charge on any atom is 0.116 e. The number of nitrogens with zero attached hydrogens (tertiary/aromatic N) is 1. The van der Waals surface area contributed by atoms with Crippen molar-refractivity contribution in [1.29, 1.82) is 0 Å². The fourth-order valence-electron chi connectivity index (χ4n) is 0.828. The first-order valence-corrected chi connectivity index (χ1v) is 4.77. The first-order chi connectivity index (χ1) is 5.74. The third kappa shape index (κ3) is 2.43. The highest BCUT2D eigenvalue weighted by Gasteiger charge is 1.98. The van der Waals surface area contributed by atoms with E-state index in [1.165, 1.54) is 4.88 Å². The molecule has 0 saturated carbocycles. The SMILES string of the molecule is Cc1nc(C=CCCO)sc1C. The van der Waals surface area contributed by atoms with Crippen LogP contribution < -0.4 is 0 Å². The second-order valence-corrected chi connectivity index (χ2v) is 3.84. The molecule has 1 rings (SSSR count). The second kappa shape index (κ2) is 4.38. The molecule has 0 aromatic carbocycles. The van der Waals surface area contributed by atoms with Gasteiger partial charge in [0, 0.05) is 11.5 Å². The van der Waals surface area contributed by atoms with Gasteiger partial charge in [0.1, 0.15) is 5.01 Å². The van der Waals surface area contributed by atoms with Crippen LogP contribution in [0.15, 0.2) is 6.08 Å². The molecule has 0 radical (unpaired) electrons. The van der Waals surface area contributed by atoms with Crippen molar-refractivity contribution in [2.75, 3.05) is 6.61 Å². The lowest BCUT2D eigenvalue weighted by Crippen LogP contribution is -1.76. The minimum atomic E-state index is 0.208. The van der Waals surface area contributed by atoms with E-state index in [9.17, 15) is 0 Å². The van der Waals surface area contributed by atoms with Gasteiger partial charge in [-0.2, -0.15) is 0 Å². The van der Waals surface area contributed by atoms with Gasteiger partial charge in [0.25, 0.3) is 0 Å². The van der Waals surface area contributed by atoms with E-state index in [1.807, 2.05) is 19.1 Å². The standard InChI is InChI=1S/C9H13NOS/c1-7-8(2)12-9(10-7)5-3-4-6-11/h3,5,11H,4,6H2,1-2H3. The van der Waals surface area contributed by atoms with E-state index in [-0.39, 0.29) is 6.61 Å². The largest absolute Gasteiger partial charge is 0.396 e. The van der Waals surface area contributed by atoms with E-state index in [0.717, 1.165) is 10.7 Å². The monoisotopic (exact) mass is 183 g/mol. The Hall–Kier alpha value is -0.670. The van der Waals surface area contributed by atoms with E-state index in [0.29, 0.717) is 6.42 Å². The average molecular weight is 183 g/mol. The summed E-state index contributed by atoms with van der Waals surface area (Å²) in [6.07, 6.45) is 4.61. The lowest BCUT2D eigenvalue weighted by atomic mass is 10.4. The summed E-state index contributed by atoms with van der Waals surface area (Å²) >= 11 is 1.69. The van der Waals surface area contributed by atoms with Gasteiger partial charge >= 0.3 is 0 Å². The fourth-order valence-corrected chi connectivity index (χ4v) is 1.68. The molecule has 0 spiro atoms. The molecule has 1 aromatic heterocycles. The van der Waals surface area contributed by atoms with Crippen LogP contribution in [0.1, 0.15) is 22.0 Å². The van der Waals surface area contributed by atoms with Gasteiger partial charge in [-0.15, -0.1) is 11.3 Å². The van der Waals surface area contributed by atoms with E-state index >= 15 is 0 Å². The molecule has 1 N–H and O–H groups in total. The highest BCUT2D eigenvalue weighted by Crippen LogP contribution is 2.17. The summed E-state index contributed by atoms with van der Waals surface area (Å²) in [4.78, 5) is 5.59. The van der Waals surface area contributed by atoms with Crippen molar-refractivity contribution in [3.8, 4) is 0 Å². The Morgan fingerprint density at radius 2 is 2.25 bits per heavy atom. The minimum absolute atomic E-state index is 0.208. The number of hydrogen-bond donors (Lipinski definition) is 1. The van der Waals surface area contributed by atoms with Crippen LogP contribution in [0.5, 0.6) is 0 Å². The van der Waals surface area contributed by atoms with E-state index in [2.05, 4.69) is 11.9 Å². The molecular weight excluding hydrogens is 170 g/mol. The van der Waals surface area contributed by atoms with Crippen LogP contribution in [0.2, 0.25) is 0 Å². The molecule has 0 unspecified atom stereocenters. The number of hydrogen-bond acceptors (Lipinski definition) is 3. The first kappa shape index (κ1) is 9.42. The topological polar surface area (TPSA) is 33.1 Å². The van der Waals surface area contributed by atoms with Crippen LogP contribution >= 0.6 is 11.3 Å². The van der Waals surface area contributed by atoms with Crippen molar-refractivity contribution >= 4 is 17.4 Å². The third-order valence-electron chi connectivity index (χ3n) is 1.60. The predicted octanol–water partition coefficient (Wildman–Crippen LogP) is 2.16. The van der Waals surface area contributed by atoms with E-state index in [1.54, 1.807) is 11.3 Å².